The highest BCUT2D eigenvalue weighted by Gasteiger charge is 1.97. The van der Waals surface area contributed by atoms with Crippen LogP contribution in [0, 0.1) is 3.57 Å². The summed E-state index contributed by atoms with van der Waals surface area (Å²) in [5.41, 5.74) is 1.02. The normalized spacial score (nSPS) is 10.2. The predicted molar refractivity (Wildman–Crippen MR) is 73.1 cm³/mol. The Labute approximate surface area is 103 Å². The van der Waals surface area contributed by atoms with Gasteiger partial charge in [0.25, 0.3) is 0 Å². The first-order valence-electron chi connectivity index (χ1n) is 4.70. The Hall–Kier alpha value is -1.10. The monoisotopic (exact) mass is 310 g/mol. The summed E-state index contributed by atoms with van der Waals surface area (Å²) in [5.74, 6) is 0.892. The molecule has 0 amide bonds. The van der Waals surface area contributed by atoms with Crippen LogP contribution >= 0.6 is 22.6 Å². The van der Waals surface area contributed by atoms with Crippen molar-refractivity contribution >= 4 is 39.3 Å². The van der Waals surface area contributed by atoms with E-state index in [4.69, 9.17) is 0 Å². The predicted octanol–water partition coefficient (Wildman–Crippen LogP) is 3.44. The average molecular weight is 310 g/mol. The average Bonchev–Trinajstić information content (AvgIpc) is 2.26. The zero-order chi connectivity index (χ0) is 10.7. The number of aromatic nitrogens is 1. The van der Waals surface area contributed by atoms with Crippen molar-refractivity contribution in [2.75, 3.05) is 11.9 Å². The molecule has 1 heterocycles. The van der Waals surface area contributed by atoms with E-state index in [-0.39, 0.29) is 0 Å². The van der Waals surface area contributed by atoms with Crippen molar-refractivity contribution in [3.8, 4) is 0 Å². The lowest BCUT2D eigenvalue weighted by Crippen LogP contribution is -1.99. The van der Waals surface area contributed by atoms with Gasteiger partial charge in [-0.25, -0.2) is 4.98 Å². The smallest absolute Gasteiger partial charge is 0.126 e. The van der Waals surface area contributed by atoms with E-state index in [1.807, 2.05) is 18.2 Å². The maximum atomic E-state index is 4.49. The second kappa shape index (κ2) is 4.61. The molecule has 0 fully saturated rings. The highest BCUT2D eigenvalue weighted by atomic mass is 127. The van der Waals surface area contributed by atoms with Crippen molar-refractivity contribution in [2.45, 2.75) is 0 Å². The molecule has 1 aromatic carbocycles. The van der Waals surface area contributed by atoms with E-state index in [0.29, 0.717) is 0 Å². The Morgan fingerprint density at radius 2 is 2.20 bits per heavy atom. The van der Waals surface area contributed by atoms with Crippen LogP contribution in [-0.2, 0) is 0 Å². The van der Waals surface area contributed by atoms with E-state index >= 15 is 0 Å². The SMILES string of the molecule is C=CCNc1ccc2cc(I)ccc2n1. The van der Waals surface area contributed by atoms with Crippen LogP contribution in [0.4, 0.5) is 5.82 Å². The summed E-state index contributed by atoms with van der Waals surface area (Å²) in [4.78, 5) is 4.49. The van der Waals surface area contributed by atoms with Crippen LogP contribution in [0.5, 0.6) is 0 Å². The van der Waals surface area contributed by atoms with E-state index in [0.717, 1.165) is 17.9 Å². The van der Waals surface area contributed by atoms with Crippen LogP contribution in [0.25, 0.3) is 10.9 Å². The summed E-state index contributed by atoms with van der Waals surface area (Å²) in [6, 6.07) is 10.3. The Bertz CT molecular complexity index is 494. The zero-order valence-electron chi connectivity index (χ0n) is 8.20. The molecule has 0 bridgehead atoms. The molecule has 2 rings (SSSR count). The molecule has 0 spiro atoms. The molecule has 0 atom stereocenters. The summed E-state index contributed by atoms with van der Waals surface area (Å²) in [5, 5.41) is 4.34. The van der Waals surface area contributed by atoms with Crippen molar-refractivity contribution < 1.29 is 0 Å². The third-order valence-electron chi connectivity index (χ3n) is 2.08. The van der Waals surface area contributed by atoms with Gasteiger partial charge in [-0.15, -0.1) is 6.58 Å². The van der Waals surface area contributed by atoms with E-state index < -0.39 is 0 Å². The van der Waals surface area contributed by atoms with Crippen molar-refractivity contribution in [3.63, 3.8) is 0 Å². The van der Waals surface area contributed by atoms with Crippen molar-refractivity contribution in [1.82, 2.24) is 4.98 Å². The molecule has 0 radical (unpaired) electrons. The first-order valence-corrected chi connectivity index (χ1v) is 5.78. The number of fused-ring (bicyclic) bond motifs is 1. The minimum Gasteiger partial charge on any atom is -0.367 e. The summed E-state index contributed by atoms with van der Waals surface area (Å²) < 4.78 is 1.23. The van der Waals surface area contributed by atoms with Crippen LogP contribution in [0.3, 0.4) is 0 Å². The molecule has 1 N–H and O–H groups in total. The van der Waals surface area contributed by atoms with E-state index in [1.54, 1.807) is 0 Å². The third kappa shape index (κ3) is 2.47. The van der Waals surface area contributed by atoms with Gasteiger partial charge in [0.15, 0.2) is 0 Å². The van der Waals surface area contributed by atoms with Crippen LogP contribution in [0.2, 0.25) is 0 Å². The quantitative estimate of drug-likeness (QED) is 0.694. The first-order chi connectivity index (χ1) is 7.29. The molecule has 2 nitrogen and oxygen atoms in total. The Kier molecular flexibility index (Phi) is 3.20. The number of anilines is 1. The number of nitrogens with one attached hydrogen (secondary N) is 1. The van der Waals surface area contributed by atoms with Gasteiger partial charge in [-0.2, -0.15) is 0 Å². The van der Waals surface area contributed by atoms with Gasteiger partial charge in [0.2, 0.25) is 0 Å². The summed E-state index contributed by atoms with van der Waals surface area (Å²) >= 11 is 2.30. The topological polar surface area (TPSA) is 24.9 Å². The summed E-state index contributed by atoms with van der Waals surface area (Å²) in [6.45, 7) is 4.40. The Morgan fingerprint density at radius 1 is 1.33 bits per heavy atom. The van der Waals surface area contributed by atoms with E-state index in [9.17, 15) is 0 Å². The number of halogens is 1. The molecule has 2 aromatic rings. The molecule has 0 saturated heterocycles. The molecular formula is C12H11IN2. The molecule has 1 aromatic heterocycles. The maximum Gasteiger partial charge on any atom is 0.126 e. The molecule has 0 unspecified atom stereocenters. The van der Waals surface area contributed by atoms with Gasteiger partial charge in [-0.3, -0.25) is 0 Å². The molecule has 0 aliphatic carbocycles. The largest absolute Gasteiger partial charge is 0.367 e. The number of rotatable bonds is 3. The van der Waals surface area contributed by atoms with Crippen LogP contribution in [0.1, 0.15) is 0 Å². The lowest BCUT2D eigenvalue weighted by molar-refractivity contribution is 1.26. The molecule has 76 valence electrons. The number of hydrogen-bond acceptors (Lipinski definition) is 2. The minimum absolute atomic E-state index is 0.739. The Morgan fingerprint density at radius 3 is 3.00 bits per heavy atom. The van der Waals surface area contributed by atoms with Gasteiger partial charge in [0.05, 0.1) is 5.52 Å². The van der Waals surface area contributed by atoms with Crippen molar-refractivity contribution in [1.29, 1.82) is 0 Å². The van der Waals surface area contributed by atoms with E-state index in [1.165, 1.54) is 8.96 Å². The highest BCUT2D eigenvalue weighted by Crippen LogP contribution is 2.17. The highest BCUT2D eigenvalue weighted by molar-refractivity contribution is 14.1. The molecule has 0 saturated carbocycles. The third-order valence-corrected chi connectivity index (χ3v) is 2.75. The molecule has 0 aliphatic heterocycles. The van der Waals surface area contributed by atoms with Crippen molar-refractivity contribution in [2.24, 2.45) is 0 Å². The number of benzene rings is 1. The molecule has 15 heavy (non-hydrogen) atoms. The molecule has 3 heteroatoms. The van der Waals surface area contributed by atoms with Crippen LogP contribution < -0.4 is 5.32 Å². The van der Waals surface area contributed by atoms with Gasteiger partial charge in [0.1, 0.15) is 5.82 Å². The zero-order valence-corrected chi connectivity index (χ0v) is 10.4. The van der Waals surface area contributed by atoms with Gasteiger partial charge in [0, 0.05) is 15.5 Å². The van der Waals surface area contributed by atoms with Crippen molar-refractivity contribution in [3.05, 3.63) is 46.6 Å². The number of hydrogen-bond donors (Lipinski definition) is 1. The second-order valence-electron chi connectivity index (χ2n) is 3.20. The second-order valence-corrected chi connectivity index (χ2v) is 4.45. The van der Waals surface area contributed by atoms with Gasteiger partial charge in [-0.05, 0) is 52.9 Å². The number of pyridine rings is 1. The fraction of sp³-hybridized carbons (Fsp3) is 0.0833. The summed E-state index contributed by atoms with van der Waals surface area (Å²) in [7, 11) is 0. The summed E-state index contributed by atoms with van der Waals surface area (Å²) in [6.07, 6.45) is 1.82. The lowest BCUT2D eigenvalue weighted by Gasteiger charge is -2.04. The number of nitrogens with zero attached hydrogens (tertiary/aromatic N) is 1. The van der Waals surface area contributed by atoms with Crippen LogP contribution in [0.15, 0.2) is 43.0 Å². The Balaban J connectivity index is 2.38. The van der Waals surface area contributed by atoms with Gasteiger partial charge >= 0.3 is 0 Å². The fourth-order valence-electron chi connectivity index (χ4n) is 1.37. The standard InChI is InChI=1S/C12H11IN2/c1-2-7-14-12-6-3-9-8-10(13)4-5-11(9)15-12/h2-6,8H,1,7H2,(H,14,15). The van der Waals surface area contributed by atoms with Gasteiger partial charge in [-0.1, -0.05) is 6.08 Å². The van der Waals surface area contributed by atoms with Crippen LogP contribution in [-0.4, -0.2) is 11.5 Å². The molecular weight excluding hydrogens is 299 g/mol. The first kappa shape index (κ1) is 10.4. The van der Waals surface area contributed by atoms with E-state index in [2.05, 4.69) is 57.7 Å². The van der Waals surface area contributed by atoms with Gasteiger partial charge < -0.3 is 5.32 Å². The minimum atomic E-state index is 0.739. The lowest BCUT2D eigenvalue weighted by atomic mass is 10.2. The maximum absolute atomic E-state index is 4.49. The molecule has 0 aliphatic rings. The fourth-order valence-corrected chi connectivity index (χ4v) is 1.89.